The van der Waals surface area contributed by atoms with Crippen molar-refractivity contribution in [2.75, 3.05) is 20.2 Å². The van der Waals surface area contributed by atoms with Crippen LogP contribution in [-0.4, -0.2) is 41.7 Å². The molecule has 1 amide bonds. The Balaban J connectivity index is 1.91. The number of hydrogen-bond acceptors (Lipinski definition) is 4. The number of nitrogens with zero attached hydrogens (tertiary/aromatic N) is 2. The highest BCUT2D eigenvalue weighted by Crippen LogP contribution is 2.21. The van der Waals surface area contributed by atoms with E-state index in [0.29, 0.717) is 13.0 Å². The van der Waals surface area contributed by atoms with E-state index in [-0.39, 0.29) is 11.9 Å². The fourth-order valence-corrected chi connectivity index (χ4v) is 2.53. The van der Waals surface area contributed by atoms with Crippen LogP contribution in [-0.2, 0) is 18.3 Å². The molecule has 1 atom stereocenters. The summed E-state index contributed by atoms with van der Waals surface area (Å²) in [5.74, 6) is 1.72. The van der Waals surface area contributed by atoms with Crippen LogP contribution in [0.25, 0.3) is 11.0 Å². The first-order valence-electron chi connectivity index (χ1n) is 6.69. The summed E-state index contributed by atoms with van der Waals surface area (Å²) >= 11 is 0. The lowest BCUT2D eigenvalue weighted by Gasteiger charge is -2.23. The van der Waals surface area contributed by atoms with Crippen molar-refractivity contribution in [3.8, 4) is 5.75 Å². The van der Waals surface area contributed by atoms with Crippen LogP contribution >= 0.6 is 0 Å². The molecule has 2 N–H and O–H groups in total. The summed E-state index contributed by atoms with van der Waals surface area (Å²) in [5, 5.41) is 6.09. The minimum atomic E-state index is -0.207. The van der Waals surface area contributed by atoms with E-state index in [4.69, 9.17) is 4.74 Å². The van der Waals surface area contributed by atoms with Crippen LogP contribution in [0, 0.1) is 0 Å². The molecule has 1 fully saturated rings. The van der Waals surface area contributed by atoms with Crippen LogP contribution in [0.15, 0.2) is 18.2 Å². The molecule has 2 heterocycles. The Hall–Kier alpha value is -2.08. The summed E-state index contributed by atoms with van der Waals surface area (Å²) in [6.07, 6.45) is 0.583. The number of carbonyl (C=O) groups is 1. The van der Waals surface area contributed by atoms with Gasteiger partial charge in [-0.1, -0.05) is 0 Å². The van der Waals surface area contributed by atoms with E-state index in [9.17, 15) is 4.79 Å². The molecule has 0 saturated carbocycles. The largest absolute Gasteiger partial charge is 0.497 e. The van der Waals surface area contributed by atoms with Gasteiger partial charge in [0.25, 0.3) is 0 Å². The summed E-state index contributed by atoms with van der Waals surface area (Å²) in [7, 11) is 3.61. The molecule has 1 aromatic carbocycles. The van der Waals surface area contributed by atoms with Gasteiger partial charge >= 0.3 is 0 Å². The summed E-state index contributed by atoms with van der Waals surface area (Å²) in [4.78, 5) is 16.4. The van der Waals surface area contributed by atoms with Gasteiger partial charge in [0.05, 0.1) is 24.2 Å². The lowest BCUT2D eigenvalue weighted by Crippen LogP contribution is -2.53. The topological polar surface area (TPSA) is 68.2 Å². The van der Waals surface area contributed by atoms with Crippen molar-refractivity contribution in [2.45, 2.75) is 12.5 Å². The number of amides is 1. The lowest BCUT2D eigenvalue weighted by molar-refractivity contribution is -0.124. The van der Waals surface area contributed by atoms with Gasteiger partial charge in [-0.05, 0) is 12.1 Å². The molecule has 2 aromatic rings. The van der Waals surface area contributed by atoms with E-state index in [1.165, 1.54) is 0 Å². The van der Waals surface area contributed by atoms with Crippen molar-refractivity contribution in [3.05, 3.63) is 24.0 Å². The predicted octanol–water partition coefficient (Wildman–Crippen LogP) is 0.212. The number of fused-ring (bicyclic) bond motifs is 1. The highest BCUT2D eigenvalue weighted by Gasteiger charge is 2.23. The van der Waals surface area contributed by atoms with Gasteiger partial charge in [0.15, 0.2) is 0 Å². The molecule has 1 aromatic heterocycles. The van der Waals surface area contributed by atoms with E-state index in [0.717, 1.165) is 29.2 Å². The molecule has 20 heavy (non-hydrogen) atoms. The number of nitrogens with one attached hydrogen (secondary N) is 2. The average molecular weight is 274 g/mol. The molecule has 6 nitrogen and oxygen atoms in total. The zero-order valence-electron chi connectivity index (χ0n) is 11.6. The second-order valence-corrected chi connectivity index (χ2v) is 4.94. The van der Waals surface area contributed by atoms with E-state index in [2.05, 4.69) is 15.6 Å². The monoisotopic (exact) mass is 274 g/mol. The number of hydrogen-bond donors (Lipinski definition) is 2. The number of methoxy groups -OCH3 is 1. The minimum Gasteiger partial charge on any atom is -0.497 e. The number of ether oxygens (including phenoxy) is 1. The normalized spacial score (nSPS) is 19.1. The standard InChI is InChI=1S/C14H18N4O2/c1-18-12-4-3-9(20-2)7-10(12)17-13(18)8-11-14(19)16-6-5-15-11/h3-4,7,11,15H,5-6,8H2,1-2H3,(H,16,19). The quantitative estimate of drug-likeness (QED) is 0.840. The molecule has 0 bridgehead atoms. The summed E-state index contributed by atoms with van der Waals surface area (Å²) in [6, 6.07) is 5.60. The maximum atomic E-state index is 11.8. The van der Waals surface area contributed by atoms with Crippen LogP contribution in [0.4, 0.5) is 0 Å². The Morgan fingerprint density at radius 2 is 2.30 bits per heavy atom. The van der Waals surface area contributed by atoms with Crippen LogP contribution in [0.1, 0.15) is 5.82 Å². The third kappa shape index (κ3) is 2.22. The Bertz CT molecular complexity index is 650. The summed E-state index contributed by atoms with van der Waals surface area (Å²) in [6.45, 7) is 1.49. The zero-order chi connectivity index (χ0) is 14.1. The van der Waals surface area contributed by atoms with Crippen LogP contribution < -0.4 is 15.4 Å². The highest BCUT2D eigenvalue weighted by molar-refractivity contribution is 5.83. The minimum absolute atomic E-state index is 0.0425. The van der Waals surface area contributed by atoms with Crippen molar-refractivity contribution < 1.29 is 9.53 Å². The fraction of sp³-hybridized carbons (Fsp3) is 0.429. The number of rotatable bonds is 3. The smallest absolute Gasteiger partial charge is 0.237 e. The molecule has 6 heteroatoms. The molecule has 0 radical (unpaired) electrons. The van der Waals surface area contributed by atoms with Gasteiger partial charge < -0.3 is 19.9 Å². The predicted molar refractivity (Wildman–Crippen MR) is 75.8 cm³/mol. The molecule has 106 valence electrons. The Kier molecular flexibility index (Phi) is 3.31. The van der Waals surface area contributed by atoms with E-state index >= 15 is 0 Å². The number of aryl methyl sites for hydroxylation is 1. The number of carbonyl (C=O) groups excluding carboxylic acids is 1. The van der Waals surface area contributed by atoms with Gasteiger partial charge in [0.2, 0.25) is 5.91 Å². The zero-order valence-corrected chi connectivity index (χ0v) is 11.6. The third-order valence-corrected chi connectivity index (χ3v) is 3.70. The van der Waals surface area contributed by atoms with E-state index in [1.807, 2.05) is 29.8 Å². The third-order valence-electron chi connectivity index (χ3n) is 3.70. The van der Waals surface area contributed by atoms with Crippen LogP contribution in [0.3, 0.4) is 0 Å². The summed E-state index contributed by atoms with van der Waals surface area (Å²) in [5.41, 5.74) is 1.93. The molecular formula is C14H18N4O2. The van der Waals surface area contributed by atoms with Crippen molar-refractivity contribution in [1.82, 2.24) is 20.2 Å². The Morgan fingerprint density at radius 1 is 1.45 bits per heavy atom. The van der Waals surface area contributed by atoms with Crippen molar-refractivity contribution in [3.63, 3.8) is 0 Å². The second-order valence-electron chi connectivity index (χ2n) is 4.94. The molecule has 1 unspecified atom stereocenters. The molecule has 0 spiro atoms. The molecule has 1 saturated heterocycles. The summed E-state index contributed by atoms with van der Waals surface area (Å²) < 4.78 is 7.24. The second kappa shape index (κ2) is 5.13. The van der Waals surface area contributed by atoms with Crippen molar-refractivity contribution >= 4 is 16.9 Å². The average Bonchev–Trinajstić information content (AvgIpc) is 2.77. The van der Waals surface area contributed by atoms with Crippen LogP contribution in [0.2, 0.25) is 0 Å². The fourth-order valence-electron chi connectivity index (χ4n) is 2.53. The molecule has 3 rings (SSSR count). The first-order chi connectivity index (χ1) is 9.69. The van der Waals surface area contributed by atoms with Crippen molar-refractivity contribution in [1.29, 1.82) is 0 Å². The number of piperazine rings is 1. The molecule has 1 aliphatic heterocycles. The Labute approximate surface area is 117 Å². The molecular weight excluding hydrogens is 256 g/mol. The van der Waals surface area contributed by atoms with Gasteiger partial charge in [-0.15, -0.1) is 0 Å². The van der Waals surface area contributed by atoms with E-state index < -0.39 is 0 Å². The molecule has 0 aliphatic carbocycles. The SMILES string of the molecule is COc1ccc2c(c1)nc(CC1NCCNC1=O)n2C. The Morgan fingerprint density at radius 3 is 3.05 bits per heavy atom. The number of benzene rings is 1. The van der Waals surface area contributed by atoms with Gasteiger partial charge in [0, 0.05) is 32.6 Å². The van der Waals surface area contributed by atoms with Gasteiger partial charge in [-0.25, -0.2) is 4.98 Å². The maximum Gasteiger partial charge on any atom is 0.237 e. The van der Waals surface area contributed by atoms with Crippen molar-refractivity contribution in [2.24, 2.45) is 7.05 Å². The molecule has 1 aliphatic rings. The van der Waals surface area contributed by atoms with Gasteiger partial charge in [-0.2, -0.15) is 0 Å². The number of aromatic nitrogens is 2. The first-order valence-corrected chi connectivity index (χ1v) is 6.69. The van der Waals surface area contributed by atoms with Crippen LogP contribution in [0.5, 0.6) is 5.75 Å². The van der Waals surface area contributed by atoms with Gasteiger partial charge in [-0.3, -0.25) is 4.79 Å². The lowest BCUT2D eigenvalue weighted by atomic mass is 10.1. The first kappa shape index (κ1) is 12.9. The highest BCUT2D eigenvalue weighted by atomic mass is 16.5. The number of imidazole rings is 1. The van der Waals surface area contributed by atoms with E-state index in [1.54, 1.807) is 7.11 Å². The maximum absolute atomic E-state index is 11.8. The van der Waals surface area contributed by atoms with Gasteiger partial charge in [0.1, 0.15) is 11.6 Å².